The van der Waals surface area contributed by atoms with Gasteiger partial charge in [-0.3, -0.25) is 4.99 Å². The quantitative estimate of drug-likeness (QED) is 0.420. The van der Waals surface area contributed by atoms with E-state index in [1.807, 2.05) is 0 Å². The van der Waals surface area contributed by atoms with E-state index in [2.05, 4.69) is 36.0 Å². The van der Waals surface area contributed by atoms with Crippen LogP contribution in [0.2, 0.25) is 0 Å². The van der Waals surface area contributed by atoms with Gasteiger partial charge in [-0.15, -0.1) is 24.0 Å². The molecule has 0 aromatic heterocycles. The van der Waals surface area contributed by atoms with E-state index in [1.54, 1.807) is 0 Å². The standard InChI is InChI=1S/C17H34N4.HI/c1-4-18-17(21-12-9-15(2)10-13-21)19-11-14-20(3)16-7-5-6-8-16;/h15-16H,4-14H2,1-3H3,(H,18,19);1H. The van der Waals surface area contributed by atoms with E-state index < -0.39 is 0 Å². The van der Waals surface area contributed by atoms with Crippen molar-refractivity contribution in [2.45, 2.75) is 58.4 Å². The first kappa shape index (κ1) is 20.0. The summed E-state index contributed by atoms with van der Waals surface area (Å²) in [6.45, 7) is 9.80. The first-order valence-corrected chi connectivity index (χ1v) is 8.94. The monoisotopic (exact) mass is 422 g/mol. The van der Waals surface area contributed by atoms with Gasteiger partial charge in [0.05, 0.1) is 6.54 Å². The molecule has 1 heterocycles. The highest BCUT2D eigenvalue weighted by atomic mass is 127. The fraction of sp³-hybridized carbons (Fsp3) is 0.941. The molecule has 0 bridgehead atoms. The Morgan fingerprint density at radius 2 is 1.82 bits per heavy atom. The van der Waals surface area contributed by atoms with Gasteiger partial charge in [-0.05, 0) is 45.6 Å². The molecule has 0 aromatic carbocycles. The van der Waals surface area contributed by atoms with Crippen LogP contribution < -0.4 is 5.32 Å². The van der Waals surface area contributed by atoms with Crippen molar-refractivity contribution in [2.24, 2.45) is 10.9 Å². The summed E-state index contributed by atoms with van der Waals surface area (Å²) in [5.74, 6) is 2.00. The Labute approximate surface area is 154 Å². The fourth-order valence-electron chi connectivity index (χ4n) is 3.49. The highest BCUT2D eigenvalue weighted by molar-refractivity contribution is 14.0. The Hall–Kier alpha value is -0.0400. The van der Waals surface area contributed by atoms with Gasteiger partial charge in [0.2, 0.25) is 0 Å². The molecule has 5 heteroatoms. The molecule has 0 amide bonds. The van der Waals surface area contributed by atoms with Crippen LogP contribution in [0.4, 0.5) is 0 Å². The summed E-state index contributed by atoms with van der Waals surface area (Å²) in [6, 6.07) is 0.804. The molecular weight excluding hydrogens is 387 g/mol. The second-order valence-corrected chi connectivity index (χ2v) is 6.82. The van der Waals surface area contributed by atoms with Gasteiger partial charge in [0.1, 0.15) is 0 Å². The molecule has 1 N–H and O–H groups in total. The summed E-state index contributed by atoms with van der Waals surface area (Å²) < 4.78 is 0. The van der Waals surface area contributed by atoms with Gasteiger partial charge >= 0.3 is 0 Å². The molecule has 4 nitrogen and oxygen atoms in total. The van der Waals surface area contributed by atoms with Gasteiger partial charge < -0.3 is 15.1 Å². The molecule has 2 rings (SSSR count). The van der Waals surface area contributed by atoms with Crippen LogP contribution in [0.25, 0.3) is 0 Å². The molecule has 0 radical (unpaired) electrons. The summed E-state index contributed by atoms with van der Waals surface area (Å²) >= 11 is 0. The van der Waals surface area contributed by atoms with Gasteiger partial charge in [0, 0.05) is 32.2 Å². The van der Waals surface area contributed by atoms with E-state index in [0.29, 0.717) is 0 Å². The molecule has 2 fully saturated rings. The third kappa shape index (κ3) is 6.22. The van der Waals surface area contributed by atoms with Crippen LogP contribution in [0.5, 0.6) is 0 Å². The van der Waals surface area contributed by atoms with Crippen molar-refractivity contribution in [3.05, 3.63) is 0 Å². The molecule has 2 aliphatic rings. The number of rotatable bonds is 5. The van der Waals surface area contributed by atoms with E-state index in [1.165, 1.54) is 38.5 Å². The zero-order valence-electron chi connectivity index (χ0n) is 14.7. The second kappa shape index (κ2) is 10.7. The summed E-state index contributed by atoms with van der Waals surface area (Å²) in [7, 11) is 2.26. The van der Waals surface area contributed by atoms with Gasteiger partial charge in [0.15, 0.2) is 5.96 Å². The van der Waals surface area contributed by atoms with Crippen LogP contribution >= 0.6 is 24.0 Å². The summed E-state index contributed by atoms with van der Waals surface area (Å²) in [5.41, 5.74) is 0. The summed E-state index contributed by atoms with van der Waals surface area (Å²) in [6.07, 6.45) is 8.17. The van der Waals surface area contributed by atoms with Crippen molar-refractivity contribution >= 4 is 29.9 Å². The Balaban J connectivity index is 0.00000242. The van der Waals surface area contributed by atoms with Crippen LogP contribution in [0, 0.1) is 5.92 Å². The SMILES string of the molecule is CCNC(=NCCN(C)C1CCCC1)N1CCC(C)CC1.I. The van der Waals surface area contributed by atoms with Gasteiger partial charge in [-0.25, -0.2) is 0 Å². The molecule has 0 aromatic rings. The average Bonchev–Trinajstić information content (AvgIpc) is 3.01. The van der Waals surface area contributed by atoms with E-state index in [0.717, 1.165) is 50.6 Å². The molecule has 1 saturated heterocycles. The lowest BCUT2D eigenvalue weighted by Crippen LogP contribution is -2.45. The normalized spacial score (nSPS) is 21.3. The average molecular weight is 422 g/mol. The van der Waals surface area contributed by atoms with Crippen molar-refractivity contribution < 1.29 is 0 Å². The summed E-state index contributed by atoms with van der Waals surface area (Å²) in [4.78, 5) is 9.82. The van der Waals surface area contributed by atoms with Gasteiger partial charge in [0.25, 0.3) is 0 Å². The topological polar surface area (TPSA) is 30.9 Å². The Morgan fingerprint density at radius 3 is 2.41 bits per heavy atom. The number of halogens is 1. The molecule has 1 saturated carbocycles. The number of nitrogens with one attached hydrogen (secondary N) is 1. The lowest BCUT2D eigenvalue weighted by atomic mass is 10.00. The van der Waals surface area contributed by atoms with Gasteiger partial charge in [-0.2, -0.15) is 0 Å². The van der Waals surface area contributed by atoms with Crippen LogP contribution in [0.15, 0.2) is 4.99 Å². The minimum Gasteiger partial charge on any atom is -0.357 e. The van der Waals surface area contributed by atoms with Crippen molar-refractivity contribution in [3.63, 3.8) is 0 Å². The fourth-order valence-corrected chi connectivity index (χ4v) is 3.49. The Morgan fingerprint density at radius 1 is 1.18 bits per heavy atom. The molecular formula is C17H35IN4. The molecule has 0 atom stereocenters. The second-order valence-electron chi connectivity index (χ2n) is 6.82. The molecule has 22 heavy (non-hydrogen) atoms. The molecule has 1 aliphatic carbocycles. The highest BCUT2D eigenvalue weighted by Gasteiger charge is 2.20. The van der Waals surface area contributed by atoms with Gasteiger partial charge in [-0.1, -0.05) is 19.8 Å². The number of nitrogens with zero attached hydrogens (tertiary/aromatic N) is 3. The van der Waals surface area contributed by atoms with Crippen LogP contribution in [0.1, 0.15) is 52.4 Å². The van der Waals surface area contributed by atoms with E-state index in [-0.39, 0.29) is 24.0 Å². The Kier molecular flexibility index (Phi) is 9.71. The predicted molar refractivity (Wildman–Crippen MR) is 106 cm³/mol. The van der Waals surface area contributed by atoms with E-state index in [9.17, 15) is 0 Å². The summed E-state index contributed by atoms with van der Waals surface area (Å²) in [5, 5.41) is 3.47. The van der Waals surface area contributed by atoms with Crippen molar-refractivity contribution in [1.29, 1.82) is 0 Å². The maximum absolute atomic E-state index is 4.86. The van der Waals surface area contributed by atoms with Crippen molar-refractivity contribution in [1.82, 2.24) is 15.1 Å². The molecule has 130 valence electrons. The van der Waals surface area contributed by atoms with Crippen LogP contribution in [-0.4, -0.2) is 61.6 Å². The number of hydrogen-bond donors (Lipinski definition) is 1. The molecule has 0 spiro atoms. The molecule has 0 unspecified atom stereocenters. The van der Waals surface area contributed by atoms with Crippen molar-refractivity contribution in [2.75, 3.05) is 39.8 Å². The molecule has 1 aliphatic heterocycles. The number of likely N-dealkylation sites (N-methyl/N-ethyl adjacent to an activating group) is 1. The lowest BCUT2D eigenvalue weighted by molar-refractivity contribution is 0.250. The maximum atomic E-state index is 4.86. The minimum absolute atomic E-state index is 0. The zero-order chi connectivity index (χ0) is 15.1. The third-order valence-corrected chi connectivity index (χ3v) is 5.08. The first-order chi connectivity index (χ1) is 10.2. The number of piperidine rings is 1. The lowest BCUT2D eigenvalue weighted by Gasteiger charge is -2.33. The number of hydrogen-bond acceptors (Lipinski definition) is 2. The minimum atomic E-state index is 0. The maximum Gasteiger partial charge on any atom is 0.193 e. The smallest absolute Gasteiger partial charge is 0.193 e. The first-order valence-electron chi connectivity index (χ1n) is 8.94. The van der Waals surface area contributed by atoms with Crippen molar-refractivity contribution in [3.8, 4) is 0 Å². The predicted octanol–water partition coefficient (Wildman–Crippen LogP) is 3.18. The highest BCUT2D eigenvalue weighted by Crippen LogP contribution is 2.22. The van der Waals surface area contributed by atoms with E-state index >= 15 is 0 Å². The zero-order valence-corrected chi connectivity index (χ0v) is 17.0. The van der Waals surface area contributed by atoms with Crippen LogP contribution in [0.3, 0.4) is 0 Å². The number of aliphatic imine (C=N–C) groups is 1. The number of likely N-dealkylation sites (tertiary alicyclic amines) is 1. The largest absolute Gasteiger partial charge is 0.357 e. The number of guanidine groups is 1. The van der Waals surface area contributed by atoms with E-state index in [4.69, 9.17) is 4.99 Å². The van der Waals surface area contributed by atoms with Crippen LogP contribution in [-0.2, 0) is 0 Å². The Bertz CT molecular complexity index is 321. The third-order valence-electron chi connectivity index (χ3n) is 5.08.